The molecular weight excluding hydrogens is 234 g/mol. The first-order chi connectivity index (χ1) is 9.22. The summed E-state index contributed by atoms with van der Waals surface area (Å²) in [5, 5.41) is 4.80. The minimum absolute atomic E-state index is 0.392. The maximum absolute atomic E-state index is 5.95. The first-order valence-electron chi connectivity index (χ1n) is 7.11. The third-order valence-electron chi connectivity index (χ3n) is 4.03. The second-order valence-electron chi connectivity index (χ2n) is 5.60. The van der Waals surface area contributed by atoms with E-state index in [9.17, 15) is 0 Å². The molecule has 0 aliphatic heterocycles. The van der Waals surface area contributed by atoms with Gasteiger partial charge in [0.05, 0.1) is 5.52 Å². The number of fused-ring (bicyclic) bond motifs is 1. The maximum atomic E-state index is 5.95. The number of aromatic nitrogens is 1. The lowest BCUT2D eigenvalue weighted by Gasteiger charge is -2.27. The predicted molar refractivity (Wildman–Crippen MR) is 80.3 cm³/mol. The van der Waals surface area contributed by atoms with Crippen LogP contribution in [0.15, 0.2) is 30.3 Å². The number of hydrogen-bond donors (Lipinski definition) is 2. The van der Waals surface area contributed by atoms with E-state index in [1.807, 2.05) is 6.07 Å². The van der Waals surface area contributed by atoms with Crippen LogP contribution in [0.2, 0.25) is 0 Å². The van der Waals surface area contributed by atoms with Crippen LogP contribution in [0.1, 0.15) is 31.2 Å². The second-order valence-corrected chi connectivity index (χ2v) is 5.60. The van der Waals surface area contributed by atoms with E-state index in [0.29, 0.717) is 12.1 Å². The number of pyridine rings is 1. The van der Waals surface area contributed by atoms with Gasteiger partial charge in [-0.2, -0.15) is 0 Å². The maximum Gasteiger partial charge on any atom is 0.129 e. The molecule has 3 rings (SSSR count). The van der Waals surface area contributed by atoms with Crippen molar-refractivity contribution in [1.82, 2.24) is 4.98 Å². The predicted octanol–water partition coefficient (Wildman–Crippen LogP) is 3.23. The molecule has 1 fully saturated rings. The summed E-state index contributed by atoms with van der Waals surface area (Å²) in [5.41, 5.74) is 8.23. The zero-order valence-electron chi connectivity index (χ0n) is 11.4. The first-order valence-corrected chi connectivity index (χ1v) is 7.11. The van der Waals surface area contributed by atoms with E-state index >= 15 is 0 Å². The smallest absolute Gasteiger partial charge is 0.129 e. The van der Waals surface area contributed by atoms with Gasteiger partial charge in [-0.15, -0.1) is 0 Å². The van der Waals surface area contributed by atoms with Gasteiger partial charge in [0.15, 0.2) is 0 Å². The van der Waals surface area contributed by atoms with Crippen LogP contribution in [-0.4, -0.2) is 17.1 Å². The van der Waals surface area contributed by atoms with Gasteiger partial charge in [-0.1, -0.05) is 18.2 Å². The van der Waals surface area contributed by atoms with Crippen LogP contribution >= 0.6 is 0 Å². The van der Waals surface area contributed by atoms with Gasteiger partial charge < -0.3 is 11.1 Å². The summed E-state index contributed by atoms with van der Waals surface area (Å²) in [6.07, 6.45) is 4.53. The van der Waals surface area contributed by atoms with Crippen molar-refractivity contribution in [3.05, 3.63) is 35.9 Å². The summed E-state index contributed by atoms with van der Waals surface area (Å²) in [5.74, 6) is 1.03. The standard InChI is InChI=1S/C16H21N3/c1-11-10-12-4-2-3-5-15(12)19-16(11)18-14-8-6-13(17)7-9-14/h2-5,10,13-14H,6-9,17H2,1H3,(H,18,19). The fourth-order valence-corrected chi connectivity index (χ4v) is 2.82. The lowest BCUT2D eigenvalue weighted by Crippen LogP contribution is -2.33. The van der Waals surface area contributed by atoms with Crippen LogP contribution in [0.4, 0.5) is 5.82 Å². The Hall–Kier alpha value is -1.61. The van der Waals surface area contributed by atoms with Crippen LogP contribution in [0.3, 0.4) is 0 Å². The van der Waals surface area contributed by atoms with Crippen molar-refractivity contribution in [3.63, 3.8) is 0 Å². The molecule has 1 aromatic heterocycles. The molecule has 19 heavy (non-hydrogen) atoms. The molecule has 3 nitrogen and oxygen atoms in total. The summed E-state index contributed by atoms with van der Waals surface area (Å²) in [4.78, 5) is 4.75. The molecule has 0 amide bonds. The normalized spacial score (nSPS) is 23.5. The Labute approximate surface area is 114 Å². The van der Waals surface area contributed by atoms with Crippen LogP contribution < -0.4 is 11.1 Å². The lowest BCUT2D eigenvalue weighted by atomic mass is 9.92. The Morgan fingerprint density at radius 1 is 1.16 bits per heavy atom. The van der Waals surface area contributed by atoms with Gasteiger partial charge in [0.25, 0.3) is 0 Å². The SMILES string of the molecule is Cc1cc2ccccc2nc1NC1CCC(N)CC1. The average Bonchev–Trinajstić information content (AvgIpc) is 2.42. The monoisotopic (exact) mass is 255 g/mol. The zero-order valence-corrected chi connectivity index (χ0v) is 11.4. The van der Waals surface area contributed by atoms with Gasteiger partial charge in [0, 0.05) is 17.5 Å². The Morgan fingerprint density at radius 2 is 1.89 bits per heavy atom. The molecule has 0 radical (unpaired) electrons. The molecule has 3 heteroatoms. The number of hydrogen-bond acceptors (Lipinski definition) is 3. The van der Waals surface area contributed by atoms with Gasteiger partial charge in [0.2, 0.25) is 0 Å². The molecule has 2 aromatic rings. The van der Waals surface area contributed by atoms with Crippen molar-refractivity contribution >= 4 is 16.7 Å². The van der Waals surface area contributed by atoms with Crippen LogP contribution in [0, 0.1) is 6.92 Å². The Bertz CT molecular complexity index is 571. The van der Waals surface area contributed by atoms with Gasteiger partial charge >= 0.3 is 0 Å². The number of nitrogens with one attached hydrogen (secondary N) is 1. The highest BCUT2D eigenvalue weighted by Gasteiger charge is 2.19. The van der Waals surface area contributed by atoms with Crippen LogP contribution in [0.25, 0.3) is 10.9 Å². The summed E-state index contributed by atoms with van der Waals surface area (Å²) in [6, 6.07) is 11.4. The lowest BCUT2D eigenvalue weighted by molar-refractivity contribution is 0.410. The molecule has 0 saturated heterocycles. The van der Waals surface area contributed by atoms with Crippen molar-refractivity contribution in [2.24, 2.45) is 5.73 Å². The van der Waals surface area contributed by atoms with Crippen molar-refractivity contribution in [1.29, 1.82) is 0 Å². The molecule has 100 valence electrons. The molecule has 1 aliphatic carbocycles. The quantitative estimate of drug-likeness (QED) is 0.866. The number of para-hydroxylation sites is 1. The number of benzene rings is 1. The number of rotatable bonds is 2. The Morgan fingerprint density at radius 3 is 2.68 bits per heavy atom. The molecule has 0 unspecified atom stereocenters. The molecule has 1 aliphatic rings. The largest absolute Gasteiger partial charge is 0.367 e. The third-order valence-corrected chi connectivity index (χ3v) is 4.03. The highest BCUT2D eigenvalue weighted by atomic mass is 15.0. The molecule has 1 saturated carbocycles. The molecular formula is C16H21N3. The summed E-state index contributed by atoms with van der Waals surface area (Å²) in [6.45, 7) is 2.12. The van der Waals surface area contributed by atoms with Gasteiger partial charge in [0.1, 0.15) is 5.82 Å². The van der Waals surface area contributed by atoms with E-state index < -0.39 is 0 Å². The molecule has 0 spiro atoms. The van der Waals surface area contributed by atoms with Crippen molar-refractivity contribution in [2.75, 3.05) is 5.32 Å². The first kappa shape index (κ1) is 12.4. The highest BCUT2D eigenvalue weighted by Crippen LogP contribution is 2.24. The summed E-state index contributed by atoms with van der Waals surface area (Å²) in [7, 11) is 0. The average molecular weight is 255 g/mol. The van der Waals surface area contributed by atoms with Crippen molar-refractivity contribution in [3.8, 4) is 0 Å². The minimum Gasteiger partial charge on any atom is -0.367 e. The molecule has 3 N–H and O–H groups in total. The number of anilines is 1. The van der Waals surface area contributed by atoms with E-state index in [-0.39, 0.29) is 0 Å². The summed E-state index contributed by atoms with van der Waals surface area (Å²) < 4.78 is 0. The molecule has 0 atom stereocenters. The van der Waals surface area contributed by atoms with E-state index in [4.69, 9.17) is 10.7 Å². The Kier molecular flexibility index (Phi) is 3.38. The van der Waals surface area contributed by atoms with Crippen molar-refractivity contribution < 1.29 is 0 Å². The number of nitrogens with zero attached hydrogens (tertiary/aromatic N) is 1. The Balaban J connectivity index is 1.82. The minimum atomic E-state index is 0.392. The van der Waals surface area contributed by atoms with Gasteiger partial charge in [-0.3, -0.25) is 0 Å². The van der Waals surface area contributed by atoms with Gasteiger partial charge in [-0.25, -0.2) is 4.98 Å². The third kappa shape index (κ3) is 2.71. The molecule has 0 bridgehead atoms. The van der Waals surface area contributed by atoms with Crippen LogP contribution in [0.5, 0.6) is 0 Å². The number of nitrogens with two attached hydrogens (primary N) is 1. The van der Waals surface area contributed by atoms with E-state index in [0.717, 1.165) is 37.0 Å². The summed E-state index contributed by atoms with van der Waals surface area (Å²) >= 11 is 0. The zero-order chi connectivity index (χ0) is 13.2. The molecule has 1 heterocycles. The number of aryl methyl sites for hydroxylation is 1. The van der Waals surface area contributed by atoms with Crippen molar-refractivity contribution in [2.45, 2.75) is 44.7 Å². The van der Waals surface area contributed by atoms with Crippen LogP contribution in [-0.2, 0) is 0 Å². The fraction of sp³-hybridized carbons (Fsp3) is 0.438. The highest BCUT2D eigenvalue weighted by molar-refractivity contribution is 5.81. The van der Waals surface area contributed by atoms with Gasteiger partial charge in [-0.05, 0) is 50.3 Å². The fourth-order valence-electron chi connectivity index (χ4n) is 2.82. The molecule has 1 aromatic carbocycles. The topological polar surface area (TPSA) is 50.9 Å². The van der Waals surface area contributed by atoms with E-state index in [1.165, 1.54) is 10.9 Å². The van der Waals surface area contributed by atoms with E-state index in [1.54, 1.807) is 0 Å². The van der Waals surface area contributed by atoms with E-state index in [2.05, 4.69) is 36.5 Å². The second kappa shape index (κ2) is 5.17.